The Morgan fingerprint density at radius 3 is 2.90 bits per heavy atom. The van der Waals surface area contributed by atoms with Crippen molar-refractivity contribution in [3.63, 3.8) is 0 Å². The third-order valence-corrected chi connectivity index (χ3v) is 3.15. The van der Waals surface area contributed by atoms with Crippen LogP contribution in [0, 0.1) is 0 Å². The molecule has 0 fully saturated rings. The minimum absolute atomic E-state index is 0.0773. The third kappa shape index (κ3) is 3.68. The minimum atomic E-state index is 0.0773. The van der Waals surface area contributed by atoms with E-state index in [4.69, 9.17) is 9.84 Å². The minimum Gasteiger partial charge on any atom is -0.437 e. The van der Waals surface area contributed by atoms with Crippen LogP contribution in [0.4, 0.5) is 5.95 Å². The molecule has 6 heteroatoms. The molecular formula is C14H16BrN3O2. The standard InChI is InChI=1S/C14H16BrN3O2/c1-2-16-14-17-9-11(15)13(18-14)20-12-6-4-3-5-10(12)7-8-19/h3-6,9,19H,2,7-8H2,1H3,(H,16,17,18). The molecule has 106 valence electrons. The summed E-state index contributed by atoms with van der Waals surface area (Å²) < 4.78 is 6.51. The molecule has 5 nitrogen and oxygen atoms in total. The van der Waals surface area contributed by atoms with Crippen LogP contribution in [0.2, 0.25) is 0 Å². The van der Waals surface area contributed by atoms with E-state index < -0.39 is 0 Å². The fourth-order valence-corrected chi connectivity index (χ4v) is 1.97. The smallest absolute Gasteiger partial charge is 0.238 e. The number of rotatable bonds is 6. The lowest BCUT2D eigenvalue weighted by molar-refractivity contribution is 0.297. The Bertz CT molecular complexity index is 578. The predicted molar refractivity (Wildman–Crippen MR) is 81.2 cm³/mol. The Kier molecular flexibility index (Phi) is 5.31. The lowest BCUT2D eigenvalue weighted by Crippen LogP contribution is -2.03. The van der Waals surface area contributed by atoms with Crippen LogP contribution in [-0.2, 0) is 6.42 Å². The van der Waals surface area contributed by atoms with Crippen LogP contribution < -0.4 is 10.1 Å². The number of benzene rings is 1. The molecule has 1 aromatic heterocycles. The zero-order chi connectivity index (χ0) is 14.4. The summed E-state index contributed by atoms with van der Waals surface area (Å²) in [5.74, 6) is 1.65. The number of ether oxygens (including phenoxy) is 1. The van der Waals surface area contributed by atoms with Gasteiger partial charge in [0.25, 0.3) is 0 Å². The number of hydrogen-bond acceptors (Lipinski definition) is 5. The summed E-state index contributed by atoms with van der Waals surface area (Å²) in [5.41, 5.74) is 0.936. The molecule has 0 aliphatic rings. The maximum absolute atomic E-state index is 9.08. The number of aliphatic hydroxyl groups excluding tert-OH is 1. The molecule has 0 unspecified atom stereocenters. The molecule has 20 heavy (non-hydrogen) atoms. The first kappa shape index (κ1) is 14.7. The molecule has 0 atom stereocenters. The van der Waals surface area contributed by atoms with Crippen LogP contribution in [0.15, 0.2) is 34.9 Å². The number of anilines is 1. The Morgan fingerprint density at radius 2 is 2.15 bits per heavy atom. The SMILES string of the molecule is CCNc1ncc(Br)c(Oc2ccccc2CCO)n1. The highest BCUT2D eigenvalue weighted by Gasteiger charge is 2.10. The molecule has 0 bridgehead atoms. The Morgan fingerprint density at radius 1 is 1.35 bits per heavy atom. The summed E-state index contributed by atoms with van der Waals surface area (Å²) in [4.78, 5) is 8.44. The number of aliphatic hydroxyl groups is 1. The number of halogens is 1. The van der Waals surface area contributed by atoms with Crippen molar-refractivity contribution >= 4 is 21.9 Å². The van der Waals surface area contributed by atoms with Crippen LogP contribution in [-0.4, -0.2) is 28.2 Å². The summed E-state index contributed by atoms with van der Waals surface area (Å²) >= 11 is 3.38. The van der Waals surface area contributed by atoms with E-state index >= 15 is 0 Å². The Labute approximate surface area is 126 Å². The number of para-hydroxylation sites is 1. The Balaban J connectivity index is 2.27. The van der Waals surface area contributed by atoms with Gasteiger partial charge < -0.3 is 15.2 Å². The normalized spacial score (nSPS) is 10.3. The van der Waals surface area contributed by atoms with E-state index in [1.807, 2.05) is 31.2 Å². The number of aromatic nitrogens is 2. The van der Waals surface area contributed by atoms with E-state index in [0.29, 0.717) is 28.5 Å². The number of nitrogens with one attached hydrogen (secondary N) is 1. The largest absolute Gasteiger partial charge is 0.437 e. The molecular weight excluding hydrogens is 322 g/mol. The van der Waals surface area contributed by atoms with Crippen LogP contribution in [0.3, 0.4) is 0 Å². The summed E-state index contributed by atoms with van der Waals surface area (Å²) in [6, 6.07) is 7.58. The van der Waals surface area contributed by atoms with Gasteiger partial charge in [-0.3, -0.25) is 0 Å². The van der Waals surface area contributed by atoms with Gasteiger partial charge in [0, 0.05) is 13.2 Å². The van der Waals surface area contributed by atoms with Crippen molar-refractivity contribution in [3.8, 4) is 11.6 Å². The van der Waals surface area contributed by atoms with Gasteiger partial charge in [0.1, 0.15) is 5.75 Å². The third-order valence-electron chi connectivity index (χ3n) is 2.61. The van der Waals surface area contributed by atoms with E-state index in [2.05, 4.69) is 31.2 Å². The van der Waals surface area contributed by atoms with E-state index in [1.54, 1.807) is 6.20 Å². The van der Waals surface area contributed by atoms with Crippen LogP contribution in [0.25, 0.3) is 0 Å². The second kappa shape index (κ2) is 7.21. The maximum atomic E-state index is 9.08. The number of nitrogens with zero attached hydrogens (tertiary/aromatic N) is 2. The number of hydrogen-bond donors (Lipinski definition) is 2. The second-order valence-electron chi connectivity index (χ2n) is 4.06. The van der Waals surface area contributed by atoms with Gasteiger partial charge in [-0.15, -0.1) is 0 Å². The van der Waals surface area contributed by atoms with Gasteiger partial charge in [-0.25, -0.2) is 4.98 Å². The van der Waals surface area contributed by atoms with Gasteiger partial charge >= 0.3 is 0 Å². The van der Waals surface area contributed by atoms with Crippen molar-refractivity contribution in [2.75, 3.05) is 18.5 Å². The molecule has 2 aromatic rings. The Hall–Kier alpha value is -1.66. The quantitative estimate of drug-likeness (QED) is 0.848. The van der Waals surface area contributed by atoms with Gasteiger partial charge in [0.15, 0.2) is 0 Å². The fourth-order valence-electron chi connectivity index (χ4n) is 1.70. The average Bonchev–Trinajstić information content (AvgIpc) is 2.45. The molecule has 0 aliphatic heterocycles. The zero-order valence-corrected chi connectivity index (χ0v) is 12.7. The topological polar surface area (TPSA) is 67.3 Å². The van der Waals surface area contributed by atoms with Gasteiger partial charge in [-0.05, 0) is 40.9 Å². The van der Waals surface area contributed by atoms with Crippen LogP contribution in [0.1, 0.15) is 12.5 Å². The summed E-state index contributed by atoms with van der Waals surface area (Å²) in [5, 5.41) is 12.1. The molecule has 1 aromatic carbocycles. The zero-order valence-electron chi connectivity index (χ0n) is 11.1. The molecule has 0 amide bonds. The summed E-state index contributed by atoms with van der Waals surface area (Å²) in [6.07, 6.45) is 2.19. The molecule has 0 aliphatic carbocycles. The highest BCUT2D eigenvalue weighted by Crippen LogP contribution is 2.30. The van der Waals surface area contributed by atoms with Crippen LogP contribution >= 0.6 is 15.9 Å². The van der Waals surface area contributed by atoms with Crippen molar-refractivity contribution < 1.29 is 9.84 Å². The van der Waals surface area contributed by atoms with Crippen LogP contribution in [0.5, 0.6) is 11.6 Å². The van der Waals surface area contributed by atoms with E-state index in [0.717, 1.165) is 12.1 Å². The monoisotopic (exact) mass is 337 g/mol. The van der Waals surface area contributed by atoms with Gasteiger partial charge in [-0.1, -0.05) is 18.2 Å². The van der Waals surface area contributed by atoms with Gasteiger partial charge in [0.2, 0.25) is 11.8 Å². The predicted octanol–water partition coefficient (Wildman–Crippen LogP) is 3.00. The highest BCUT2D eigenvalue weighted by atomic mass is 79.9. The van der Waals surface area contributed by atoms with Crippen molar-refractivity contribution in [1.82, 2.24) is 9.97 Å². The molecule has 0 spiro atoms. The fraction of sp³-hybridized carbons (Fsp3) is 0.286. The highest BCUT2D eigenvalue weighted by molar-refractivity contribution is 9.10. The lowest BCUT2D eigenvalue weighted by atomic mass is 10.1. The molecule has 1 heterocycles. The lowest BCUT2D eigenvalue weighted by Gasteiger charge is -2.11. The van der Waals surface area contributed by atoms with Crippen molar-refractivity contribution in [3.05, 3.63) is 40.5 Å². The summed E-state index contributed by atoms with van der Waals surface area (Å²) in [7, 11) is 0. The second-order valence-corrected chi connectivity index (χ2v) is 4.91. The molecule has 0 saturated heterocycles. The molecule has 2 rings (SSSR count). The first-order chi connectivity index (χ1) is 9.74. The van der Waals surface area contributed by atoms with Crippen molar-refractivity contribution in [2.24, 2.45) is 0 Å². The van der Waals surface area contributed by atoms with E-state index in [1.165, 1.54) is 0 Å². The maximum Gasteiger partial charge on any atom is 0.238 e. The molecule has 0 saturated carbocycles. The van der Waals surface area contributed by atoms with Gasteiger partial charge in [0.05, 0.1) is 10.7 Å². The van der Waals surface area contributed by atoms with Gasteiger partial charge in [-0.2, -0.15) is 4.98 Å². The average molecular weight is 338 g/mol. The van der Waals surface area contributed by atoms with E-state index in [-0.39, 0.29) is 6.61 Å². The van der Waals surface area contributed by atoms with E-state index in [9.17, 15) is 0 Å². The first-order valence-corrected chi connectivity index (χ1v) is 7.17. The van der Waals surface area contributed by atoms with Crippen molar-refractivity contribution in [2.45, 2.75) is 13.3 Å². The molecule has 0 radical (unpaired) electrons. The first-order valence-electron chi connectivity index (χ1n) is 6.37. The summed E-state index contributed by atoms with van der Waals surface area (Å²) in [6.45, 7) is 2.79. The van der Waals surface area contributed by atoms with Crippen molar-refractivity contribution in [1.29, 1.82) is 0 Å². The molecule has 2 N–H and O–H groups in total.